The van der Waals surface area contributed by atoms with Crippen LogP contribution in [0, 0.1) is 0 Å². The lowest BCUT2D eigenvalue weighted by Gasteiger charge is -2.34. The first kappa shape index (κ1) is 44.5. The Morgan fingerprint density at radius 2 is 1.45 bits per heavy atom. The van der Waals surface area contributed by atoms with Gasteiger partial charge in [-0.15, -0.1) is 0 Å². The largest absolute Gasteiger partial charge is 0.492 e. The summed E-state index contributed by atoms with van der Waals surface area (Å²) in [6.07, 6.45) is 5.87. The number of carbonyl (C=O) groups is 4. The van der Waals surface area contributed by atoms with Crippen molar-refractivity contribution in [3.8, 4) is 22.8 Å². The highest BCUT2D eigenvalue weighted by Crippen LogP contribution is 2.31. The molecular formula is C47H53N7O10. The van der Waals surface area contributed by atoms with E-state index in [2.05, 4.69) is 31.5 Å². The molecule has 2 saturated heterocycles. The summed E-state index contributed by atoms with van der Waals surface area (Å²) in [5.74, 6) is -0.502. The number of amides is 4. The van der Waals surface area contributed by atoms with Crippen LogP contribution >= 0.6 is 0 Å². The first-order chi connectivity index (χ1) is 31.4. The average Bonchev–Trinajstić information content (AvgIpc) is 3.55. The number of anilines is 2. The van der Waals surface area contributed by atoms with Gasteiger partial charge in [-0.2, -0.15) is 0 Å². The number of hydrogen-bond donors (Lipinski definition) is 2. The van der Waals surface area contributed by atoms with Gasteiger partial charge >= 0.3 is 0 Å². The summed E-state index contributed by atoms with van der Waals surface area (Å²) >= 11 is 0. The van der Waals surface area contributed by atoms with Crippen molar-refractivity contribution in [2.75, 3.05) is 97.4 Å². The molecule has 1 atom stereocenters. The maximum atomic E-state index is 13.0. The fourth-order valence-electron chi connectivity index (χ4n) is 7.85. The van der Waals surface area contributed by atoms with Crippen molar-refractivity contribution in [2.24, 2.45) is 0 Å². The molecule has 64 heavy (non-hydrogen) atoms. The Kier molecular flexibility index (Phi) is 15.3. The van der Waals surface area contributed by atoms with Gasteiger partial charge in [-0.25, -0.2) is 9.97 Å². The topological polar surface area (TPSA) is 183 Å². The van der Waals surface area contributed by atoms with Crippen LogP contribution in [0.2, 0.25) is 0 Å². The number of aromatic nitrogens is 2. The summed E-state index contributed by atoms with van der Waals surface area (Å²) in [6, 6.07) is 19.7. The summed E-state index contributed by atoms with van der Waals surface area (Å²) in [4.78, 5) is 64.8. The number of benzene rings is 3. The highest BCUT2D eigenvalue weighted by molar-refractivity contribution is 6.23. The molecule has 0 aliphatic carbocycles. The Hall–Kier alpha value is -6.08. The summed E-state index contributed by atoms with van der Waals surface area (Å²) < 4.78 is 35.5. The van der Waals surface area contributed by atoms with Crippen LogP contribution in [-0.2, 0) is 41.8 Å². The van der Waals surface area contributed by atoms with E-state index in [4.69, 9.17) is 33.4 Å². The number of ether oxygens (including phenoxy) is 6. The SMILES string of the molecule is O=C1CCC(N2C(=O)c3ccc(OCCOCCOCCN4CCN(CCOc5ccc6cc5COC/C=C/COCc5cccc(c5)-c5ccnc(n5)N6)CC4)cc3C2=O)C(=O)N1. The average molecular weight is 876 g/mol. The molecule has 2 fully saturated rings. The van der Waals surface area contributed by atoms with Crippen LogP contribution in [0.15, 0.2) is 85.1 Å². The molecule has 0 radical (unpaired) electrons. The molecule has 5 heterocycles. The van der Waals surface area contributed by atoms with E-state index in [9.17, 15) is 19.2 Å². The van der Waals surface area contributed by atoms with Crippen molar-refractivity contribution in [1.82, 2.24) is 30.0 Å². The maximum Gasteiger partial charge on any atom is 0.262 e. The van der Waals surface area contributed by atoms with Crippen LogP contribution in [0.1, 0.15) is 44.7 Å². The van der Waals surface area contributed by atoms with Gasteiger partial charge in [0.2, 0.25) is 17.8 Å². The van der Waals surface area contributed by atoms with Crippen LogP contribution in [-0.4, -0.2) is 146 Å². The van der Waals surface area contributed by atoms with Gasteiger partial charge in [-0.05, 0) is 60.5 Å². The van der Waals surface area contributed by atoms with Crippen molar-refractivity contribution in [3.63, 3.8) is 0 Å². The molecule has 1 unspecified atom stereocenters. The second kappa shape index (κ2) is 22.0. The standard InChI is InChI=1S/C47H53N7O10/c55-43-11-9-41(44(56)51-43)54-45(57)38-8-7-37(30-39(38)46(54)58)63-27-26-60-25-24-59-22-18-52-14-16-53(17-15-52)19-23-64-42-10-6-36-29-35(42)32-62-21-2-1-20-61-31-33-4-3-5-34(28-33)40-12-13-48-47(49-36)50-40/h1-8,10,12-13,28-30,41H,9,11,14-27,31-32H2,(H,48,49,50)(H,51,55,56)/b2-1+. The van der Waals surface area contributed by atoms with E-state index < -0.39 is 29.7 Å². The normalized spacial score (nSPS) is 19.0. The van der Waals surface area contributed by atoms with Gasteiger partial charge in [-0.1, -0.05) is 30.4 Å². The van der Waals surface area contributed by atoms with Gasteiger partial charge in [0.05, 0.1) is 69.7 Å². The summed E-state index contributed by atoms with van der Waals surface area (Å²) in [7, 11) is 0. The molecule has 336 valence electrons. The van der Waals surface area contributed by atoms with Crippen LogP contribution in [0.4, 0.5) is 11.6 Å². The van der Waals surface area contributed by atoms with Crippen LogP contribution in [0.3, 0.4) is 0 Å². The Morgan fingerprint density at radius 1 is 0.703 bits per heavy atom. The molecule has 17 nitrogen and oxygen atoms in total. The number of hydrogen-bond acceptors (Lipinski definition) is 15. The molecule has 1 aromatic heterocycles. The lowest BCUT2D eigenvalue weighted by molar-refractivity contribution is -0.136. The van der Waals surface area contributed by atoms with E-state index in [1.54, 1.807) is 12.3 Å². The molecule has 6 bridgehead atoms. The molecule has 3 aromatic carbocycles. The highest BCUT2D eigenvalue weighted by atomic mass is 16.5. The first-order valence-corrected chi connectivity index (χ1v) is 21.7. The van der Waals surface area contributed by atoms with Crippen LogP contribution in [0.25, 0.3) is 11.3 Å². The smallest absolute Gasteiger partial charge is 0.262 e. The first-order valence-electron chi connectivity index (χ1n) is 21.7. The Bertz CT molecular complexity index is 2320. The Balaban J connectivity index is 0.704. The van der Waals surface area contributed by atoms with Gasteiger partial charge in [0.1, 0.15) is 30.8 Å². The van der Waals surface area contributed by atoms with E-state index in [1.165, 1.54) is 12.1 Å². The minimum absolute atomic E-state index is 0.0645. The Labute approximate surface area is 371 Å². The monoisotopic (exact) mass is 875 g/mol. The van der Waals surface area contributed by atoms with E-state index >= 15 is 0 Å². The maximum absolute atomic E-state index is 13.0. The van der Waals surface area contributed by atoms with Gasteiger partial charge < -0.3 is 33.7 Å². The molecule has 0 spiro atoms. The number of piperazine rings is 1. The number of piperidine rings is 1. The predicted octanol–water partition coefficient (Wildman–Crippen LogP) is 4.00. The second-order valence-corrected chi connectivity index (χ2v) is 15.7. The van der Waals surface area contributed by atoms with Gasteiger partial charge in [0.15, 0.2) is 0 Å². The van der Waals surface area contributed by atoms with E-state index in [-0.39, 0.29) is 30.6 Å². The van der Waals surface area contributed by atoms with Crippen LogP contribution < -0.4 is 20.1 Å². The van der Waals surface area contributed by atoms with Gasteiger partial charge in [-0.3, -0.25) is 39.2 Å². The minimum atomic E-state index is -1.01. The number of imide groups is 2. The third-order valence-electron chi connectivity index (χ3n) is 11.3. The molecule has 2 N–H and O–H groups in total. The molecule has 8 rings (SSSR count). The lowest BCUT2D eigenvalue weighted by Crippen LogP contribution is -2.54. The minimum Gasteiger partial charge on any atom is -0.492 e. The third-order valence-corrected chi connectivity index (χ3v) is 11.3. The number of nitrogens with zero attached hydrogens (tertiary/aromatic N) is 5. The van der Waals surface area contributed by atoms with Crippen LogP contribution in [0.5, 0.6) is 11.5 Å². The number of carbonyl (C=O) groups excluding carboxylic acids is 4. The van der Waals surface area contributed by atoms with Gasteiger partial charge in [0.25, 0.3) is 11.8 Å². The molecule has 4 aromatic rings. The van der Waals surface area contributed by atoms with E-state index in [0.29, 0.717) is 71.2 Å². The number of rotatable bonds is 15. The molecular weight excluding hydrogens is 823 g/mol. The summed E-state index contributed by atoms with van der Waals surface area (Å²) in [5.41, 5.74) is 5.04. The molecule has 4 aliphatic heterocycles. The third kappa shape index (κ3) is 11.7. The Morgan fingerprint density at radius 3 is 2.27 bits per heavy atom. The lowest BCUT2D eigenvalue weighted by atomic mass is 10.0. The zero-order chi connectivity index (χ0) is 44.1. The van der Waals surface area contributed by atoms with E-state index in [1.807, 2.05) is 54.6 Å². The number of fused-ring (bicyclic) bond motifs is 8. The zero-order valence-corrected chi connectivity index (χ0v) is 35.7. The summed E-state index contributed by atoms with van der Waals surface area (Å²) in [5, 5.41) is 5.55. The zero-order valence-electron chi connectivity index (χ0n) is 35.7. The molecule has 0 saturated carbocycles. The molecule has 17 heteroatoms. The molecule has 4 amide bonds. The van der Waals surface area contributed by atoms with Crippen molar-refractivity contribution in [3.05, 3.63) is 107 Å². The van der Waals surface area contributed by atoms with Crippen molar-refractivity contribution in [1.29, 1.82) is 0 Å². The van der Waals surface area contributed by atoms with Gasteiger partial charge in [0, 0.05) is 68.7 Å². The van der Waals surface area contributed by atoms with Crippen molar-refractivity contribution >= 4 is 35.3 Å². The highest BCUT2D eigenvalue weighted by Gasteiger charge is 2.44. The quantitative estimate of drug-likeness (QED) is 0.0993. The van der Waals surface area contributed by atoms with Crippen molar-refractivity contribution < 1.29 is 47.6 Å². The second-order valence-electron chi connectivity index (χ2n) is 15.7. The fourth-order valence-corrected chi connectivity index (χ4v) is 7.85. The molecule has 4 aliphatic rings. The predicted molar refractivity (Wildman–Crippen MR) is 234 cm³/mol. The van der Waals surface area contributed by atoms with Crippen molar-refractivity contribution in [2.45, 2.75) is 32.1 Å². The fraction of sp³-hybridized carbons (Fsp3) is 0.404. The van der Waals surface area contributed by atoms with E-state index in [0.717, 1.165) is 78.0 Å². The number of nitrogens with one attached hydrogen (secondary N) is 2. The summed E-state index contributed by atoms with van der Waals surface area (Å²) in [6.45, 7) is 9.81.